The van der Waals surface area contributed by atoms with Crippen molar-refractivity contribution in [1.82, 2.24) is 4.90 Å². The molecule has 0 unspecified atom stereocenters. The molecule has 3 rings (SSSR count). The summed E-state index contributed by atoms with van der Waals surface area (Å²) in [5.41, 5.74) is 2.01. The second-order valence-electron chi connectivity index (χ2n) is 6.39. The van der Waals surface area contributed by atoms with Crippen LogP contribution >= 0.6 is 23.2 Å². The van der Waals surface area contributed by atoms with E-state index in [1.807, 2.05) is 4.90 Å². The van der Waals surface area contributed by atoms with Crippen LogP contribution in [0, 0.1) is 5.92 Å². The van der Waals surface area contributed by atoms with E-state index < -0.39 is 0 Å². The molecule has 24 heavy (non-hydrogen) atoms. The zero-order valence-electron chi connectivity index (χ0n) is 13.6. The van der Waals surface area contributed by atoms with E-state index >= 15 is 0 Å². The van der Waals surface area contributed by atoms with Crippen molar-refractivity contribution in [2.45, 2.75) is 25.7 Å². The van der Waals surface area contributed by atoms with Crippen molar-refractivity contribution in [2.24, 2.45) is 5.92 Å². The maximum Gasteiger partial charge on any atom is 0.253 e. The van der Waals surface area contributed by atoms with Crippen LogP contribution in [0.25, 0.3) is 0 Å². The first-order valence-corrected chi connectivity index (χ1v) is 9.17. The molecule has 0 radical (unpaired) electrons. The van der Waals surface area contributed by atoms with E-state index in [4.69, 9.17) is 23.2 Å². The highest BCUT2D eigenvalue weighted by Crippen LogP contribution is 2.26. The van der Waals surface area contributed by atoms with Gasteiger partial charge in [-0.15, -0.1) is 0 Å². The third-order valence-electron chi connectivity index (χ3n) is 4.75. The predicted molar refractivity (Wildman–Crippen MR) is 99.9 cm³/mol. The SMILES string of the molecule is O=C(c1ccc(Cl)c(Cl)c1)N1CCC(CCc2ccccc2)CC1. The van der Waals surface area contributed by atoms with Crippen LogP contribution in [0.3, 0.4) is 0 Å². The third-order valence-corrected chi connectivity index (χ3v) is 5.49. The van der Waals surface area contributed by atoms with Crippen molar-refractivity contribution in [1.29, 1.82) is 0 Å². The van der Waals surface area contributed by atoms with Crippen molar-refractivity contribution >= 4 is 29.1 Å². The first-order valence-electron chi connectivity index (χ1n) is 8.42. The van der Waals surface area contributed by atoms with Crippen molar-refractivity contribution in [2.75, 3.05) is 13.1 Å². The molecule has 2 nitrogen and oxygen atoms in total. The summed E-state index contributed by atoms with van der Waals surface area (Å²) >= 11 is 11.9. The molecule has 1 fully saturated rings. The molecule has 2 aromatic rings. The van der Waals surface area contributed by atoms with Crippen LogP contribution < -0.4 is 0 Å². The Morgan fingerprint density at radius 3 is 2.38 bits per heavy atom. The molecule has 0 aromatic heterocycles. The summed E-state index contributed by atoms with van der Waals surface area (Å²) in [5.74, 6) is 0.748. The minimum atomic E-state index is 0.0510. The summed E-state index contributed by atoms with van der Waals surface area (Å²) in [4.78, 5) is 14.5. The number of hydrogen-bond acceptors (Lipinski definition) is 1. The van der Waals surface area contributed by atoms with Gasteiger partial charge in [-0.25, -0.2) is 0 Å². The molecule has 0 spiro atoms. The smallest absolute Gasteiger partial charge is 0.253 e. The normalized spacial score (nSPS) is 15.5. The second kappa shape index (κ2) is 8.04. The Balaban J connectivity index is 1.51. The molecule has 0 aliphatic carbocycles. The summed E-state index contributed by atoms with van der Waals surface area (Å²) in [7, 11) is 0. The van der Waals surface area contributed by atoms with Gasteiger partial charge in [-0.2, -0.15) is 0 Å². The van der Waals surface area contributed by atoms with Gasteiger partial charge in [0.05, 0.1) is 10.0 Å². The van der Waals surface area contributed by atoms with Gasteiger partial charge in [0, 0.05) is 18.7 Å². The fourth-order valence-corrected chi connectivity index (χ4v) is 3.55. The molecule has 0 atom stereocenters. The van der Waals surface area contributed by atoms with E-state index in [9.17, 15) is 4.79 Å². The number of amides is 1. The minimum Gasteiger partial charge on any atom is -0.339 e. The zero-order chi connectivity index (χ0) is 16.9. The molecule has 1 aliphatic heterocycles. The summed E-state index contributed by atoms with van der Waals surface area (Å²) in [6.07, 6.45) is 4.45. The summed E-state index contributed by atoms with van der Waals surface area (Å²) in [5, 5.41) is 0.910. The number of carbonyl (C=O) groups is 1. The van der Waals surface area contributed by atoms with Crippen molar-refractivity contribution in [3.05, 3.63) is 69.7 Å². The molecular weight excluding hydrogens is 341 g/mol. The number of piperidine rings is 1. The lowest BCUT2D eigenvalue weighted by Crippen LogP contribution is -2.38. The monoisotopic (exact) mass is 361 g/mol. The minimum absolute atomic E-state index is 0.0510. The molecule has 1 heterocycles. The summed E-state index contributed by atoms with van der Waals surface area (Å²) in [6, 6.07) is 15.7. The van der Waals surface area contributed by atoms with Crippen LogP contribution in [0.4, 0.5) is 0 Å². The first kappa shape index (κ1) is 17.3. The maximum atomic E-state index is 12.6. The number of halogens is 2. The highest BCUT2D eigenvalue weighted by Gasteiger charge is 2.23. The molecule has 4 heteroatoms. The van der Waals surface area contributed by atoms with Gasteiger partial charge in [0.15, 0.2) is 0 Å². The molecule has 0 bridgehead atoms. The molecule has 2 aromatic carbocycles. The third kappa shape index (κ3) is 4.31. The van der Waals surface area contributed by atoms with Gasteiger partial charge in [-0.1, -0.05) is 53.5 Å². The second-order valence-corrected chi connectivity index (χ2v) is 7.20. The van der Waals surface area contributed by atoms with Crippen LogP contribution in [0.5, 0.6) is 0 Å². The largest absolute Gasteiger partial charge is 0.339 e. The van der Waals surface area contributed by atoms with Crippen LogP contribution in [-0.2, 0) is 6.42 Å². The Morgan fingerprint density at radius 2 is 1.71 bits per heavy atom. The van der Waals surface area contributed by atoms with E-state index in [-0.39, 0.29) is 5.91 Å². The van der Waals surface area contributed by atoms with Crippen molar-refractivity contribution in [3.8, 4) is 0 Å². The van der Waals surface area contributed by atoms with Crippen LogP contribution in [0.2, 0.25) is 10.0 Å². The molecule has 1 aliphatic rings. The summed E-state index contributed by atoms with van der Waals surface area (Å²) < 4.78 is 0. The first-order chi connectivity index (χ1) is 11.6. The van der Waals surface area contributed by atoms with Crippen molar-refractivity contribution in [3.63, 3.8) is 0 Å². The van der Waals surface area contributed by atoms with E-state index in [1.165, 1.54) is 12.0 Å². The number of hydrogen-bond donors (Lipinski definition) is 0. The van der Waals surface area contributed by atoms with Gasteiger partial charge in [-0.05, 0) is 55.4 Å². The van der Waals surface area contributed by atoms with Gasteiger partial charge in [0.2, 0.25) is 0 Å². The molecule has 1 amide bonds. The number of carbonyl (C=O) groups excluding carboxylic acids is 1. The molecule has 0 N–H and O–H groups in total. The number of rotatable bonds is 4. The van der Waals surface area contributed by atoms with Gasteiger partial charge in [0.1, 0.15) is 0 Å². The Labute approximate surface area is 153 Å². The molecule has 126 valence electrons. The summed E-state index contributed by atoms with van der Waals surface area (Å²) in [6.45, 7) is 1.64. The quantitative estimate of drug-likeness (QED) is 0.705. The van der Waals surface area contributed by atoms with Crippen LogP contribution in [-0.4, -0.2) is 23.9 Å². The average Bonchev–Trinajstić information content (AvgIpc) is 2.63. The molecule has 1 saturated heterocycles. The Kier molecular flexibility index (Phi) is 5.80. The van der Waals surface area contributed by atoms with E-state index in [2.05, 4.69) is 30.3 Å². The lowest BCUT2D eigenvalue weighted by atomic mass is 9.90. The van der Waals surface area contributed by atoms with Gasteiger partial charge < -0.3 is 4.90 Å². The lowest BCUT2D eigenvalue weighted by molar-refractivity contribution is 0.0687. The Bertz CT molecular complexity index is 694. The van der Waals surface area contributed by atoms with E-state index in [0.29, 0.717) is 21.5 Å². The van der Waals surface area contributed by atoms with Crippen molar-refractivity contribution < 1.29 is 4.79 Å². The molecular formula is C20H21Cl2NO. The number of likely N-dealkylation sites (tertiary alicyclic amines) is 1. The van der Waals surface area contributed by atoms with Gasteiger partial charge >= 0.3 is 0 Å². The number of aryl methyl sites for hydroxylation is 1. The highest BCUT2D eigenvalue weighted by atomic mass is 35.5. The van der Waals surface area contributed by atoms with Gasteiger partial charge in [0.25, 0.3) is 5.91 Å². The van der Waals surface area contributed by atoms with Crippen LogP contribution in [0.15, 0.2) is 48.5 Å². The number of nitrogens with zero attached hydrogens (tertiary/aromatic N) is 1. The highest BCUT2D eigenvalue weighted by molar-refractivity contribution is 6.42. The Morgan fingerprint density at radius 1 is 1.00 bits per heavy atom. The predicted octanol–water partition coefficient (Wildman–Crippen LogP) is 5.48. The van der Waals surface area contributed by atoms with Crippen LogP contribution in [0.1, 0.15) is 35.2 Å². The zero-order valence-corrected chi connectivity index (χ0v) is 15.1. The fraction of sp³-hybridized carbons (Fsp3) is 0.350. The van der Waals surface area contributed by atoms with Gasteiger partial charge in [-0.3, -0.25) is 4.79 Å². The van der Waals surface area contributed by atoms with E-state index in [1.54, 1.807) is 18.2 Å². The van der Waals surface area contributed by atoms with E-state index in [0.717, 1.165) is 32.4 Å². The average molecular weight is 362 g/mol. The lowest BCUT2D eigenvalue weighted by Gasteiger charge is -2.32. The number of benzene rings is 2. The molecule has 0 saturated carbocycles. The topological polar surface area (TPSA) is 20.3 Å². The maximum absolute atomic E-state index is 12.6. The fourth-order valence-electron chi connectivity index (χ4n) is 3.25. The standard InChI is InChI=1S/C20H21Cl2NO/c21-18-9-8-17(14-19(18)22)20(24)23-12-10-16(11-13-23)7-6-15-4-2-1-3-5-15/h1-5,8-9,14,16H,6-7,10-13H2. The Hall–Kier alpha value is -1.51.